The van der Waals surface area contributed by atoms with Crippen LogP contribution in [0.5, 0.6) is 23.0 Å². The lowest BCUT2D eigenvalue weighted by Gasteiger charge is -2.18. The Bertz CT molecular complexity index is 1180. The van der Waals surface area contributed by atoms with Crippen LogP contribution in [0.15, 0.2) is 60.7 Å². The fourth-order valence-corrected chi connectivity index (χ4v) is 3.71. The summed E-state index contributed by atoms with van der Waals surface area (Å²) in [5, 5.41) is 3.87. The van der Waals surface area contributed by atoms with Gasteiger partial charge in [-0.15, -0.1) is 0 Å². The lowest BCUT2D eigenvalue weighted by atomic mass is 10.2. The van der Waals surface area contributed by atoms with Crippen LogP contribution >= 0.6 is 23.2 Å². The Morgan fingerprint density at radius 3 is 2.52 bits per heavy atom. The number of hydrogen-bond acceptors (Lipinski definition) is 5. The van der Waals surface area contributed by atoms with Crippen LogP contribution < -0.4 is 24.3 Å². The lowest BCUT2D eigenvalue weighted by Crippen LogP contribution is -2.16. The maximum absolute atomic E-state index is 12.3. The second-order valence-electron chi connectivity index (χ2n) is 7.08. The third-order valence-electron chi connectivity index (χ3n) is 4.86. The lowest BCUT2D eigenvalue weighted by molar-refractivity contribution is -0.111. The number of halogens is 2. The van der Waals surface area contributed by atoms with Gasteiger partial charge in [-0.1, -0.05) is 35.3 Å². The number of rotatable bonds is 7. The van der Waals surface area contributed by atoms with Crippen molar-refractivity contribution in [1.29, 1.82) is 0 Å². The van der Waals surface area contributed by atoms with Gasteiger partial charge < -0.3 is 24.3 Å². The first-order chi connectivity index (χ1) is 16.0. The first-order valence-corrected chi connectivity index (χ1v) is 10.9. The molecule has 3 aromatic rings. The van der Waals surface area contributed by atoms with E-state index in [-0.39, 0.29) is 12.5 Å². The van der Waals surface area contributed by atoms with Crippen molar-refractivity contribution >= 4 is 40.9 Å². The Kier molecular flexibility index (Phi) is 7.27. The number of hydrogen-bond donors (Lipinski definition) is 1. The zero-order chi connectivity index (χ0) is 23.2. The molecular weight excluding hydrogens is 465 g/mol. The molecule has 8 heteroatoms. The average Bonchev–Trinajstić information content (AvgIpc) is 2.82. The molecule has 0 unspecified atom stereocenters. The minimum absolute atomic E-state index is 0.196. The summed E-state index contributed by atoms with van der Waals surface area (Å²) in [7, 11) is 1.55. The third kappa shape index (κ3) is 5.72. The molecule has 1 heterocycles. The molecule has 0 spiro atoms. The quantitative estimate of drug-likeness (QED) is 0.415. The highest BCUT2D eigenvalue weighted by molar-refractivity contribution is 6.35. The number of amides is 1. The van der Waals surface area contributed by atoms with Gasteiger partial charge >= 0.3 is 0 Å². The molecule has 1 aliphatic rings. The molecule has 0 aromatic heterocycles. The van der Waals surface area contributed by atoms with E-state index in [0.29, 0.717) is 57.5 Å². The third-order valence-corrected chi connectivity index (χ3v) is 5.57. The zero-order valence-electron chi connectivity index (χ0n) is 17.8. The number of nitrogens with one attached hydrogen (secondary N) is 1. The second-order valence-corrected chi connectivity index (χ2v) is 7.89. The molecule has 0 aliphatic carbocycles. The summed E-state index contributed by atoms with van der Waals surface area (Å²) >= 11 is 12.4. The Hall–Kier alpha value is -3.35. The largest absolute Gasteiger partial charge is 0.493 e. The van der Waals surface area contributed by atoms with Crippen molar-refractivity contribution in [3.63, 3.8) is 0 Å². The Labute approximate surface area is 201 Å². The molecule has 1 N–H and O–H groups in total. The van der Waals surface area contributed by atoms with E-state index >= 15 is 0 Å². The highest BCUT2D eigenvalue weighted by Crippen LogP contribution is 2.33. The molecule has 33 heavy (non-hydrogen) atoms. The Morgan fingerprint density at radius 2 is 1.76 bits per heavy atom. The van der Waals surface area contributed by atoms with Crippen molar-refractivity contribution in [3.8, 4) is 23.0 Å². The molecule has 0 bridgehead atoms. The highest BCUT2D eigenvalue weighted by Gasteiger charge is 2.13. The number of anilines is 1. The number of carbonyl (C=O) groups is 1. The fraction of sp³-hybridized carbons (Fsp3) is 0.160. The van der Waals surface area contributed by atoms with E-state index in [1.165, 1.54) is 6.08 Å². The van der Waals surface area contributed by atoms with Gasteiger partial charge in [0.2, 0.25) is 5.91 Å². The van der Waals surface area contributed by atoms with Gasteiger partial charge in [-0.25, -0.2) is 0 Å². The number of benzene rings is 3. The van der Waals surface area contributed by atoms with Gasteiger partial charge in [-0.3, -0.25) is 4.79 Å². The summed E-state index contributed by atoms with van der Waals surface area (Å²) in [6, 6.07) is 15.9. The van der Waals surface area contributed by atoms with Crippen LogP contribution in [0.3, 0.4) is 0 Å². The first kappa shape index (κ1) is 22.8. The van der Waals surface area contributed by atoms with Gasteiger partial charge in [0.05, 0.1) is 7.11 Å². The molecule has 0 saturated carbocycles. The molecule has 170 valence electrons. The summed E-state index contributed by atoms with van der Waals surface area (Å²) in [6.07, 6.45) is 3.13. The van der Waals surface area contributed by atoms with Crippen LogP contribution in [-0.4, -0.2) is 26.2 Å². The van der Waals surface area contributed by atoms with E-state index in [9.17, 15) is 4.79 Å². The fourth-order valence-electron chi connectivity index (χ4n) is 3.20. The van der Waals surface area contributed by atoms with Crippen molar-refractivity contribution < 1.29 is 23.7 Å². The van der Waals surface area contributed by atoms with Crippen LogP contribution in [0.1, 0.15) is 11.1 Å². The van der Waals surface area contributed by atoms with Gasteiger partial charge in [-0.05, 0) is 48.0 Å². The van der Waals surface area contributed by atoms with E-state index in [4.69, 9.17) is 42.1 Å². The van der Waals surface area contributed by atoms with Gasteiger partial charge in [0.1, 0.15) is 19.8 Å². The van der Waals surface area contributed by atoms with Crippen LogP contribution in [0.25, 0.3) is 6.08 Å². The molecule has 0 saturated heterocycles. The Balaban J connectivity index is 1.40. The Morgan fingerprint density at radius 1 is 1.00 bits per heavy atom. The molecule has 0 fully saturated rings. The van der Waals surface area contributed by atoms with E-state index in [2.05, 4.69) is 5.32 Å². The van der Waals surface area contributed by atoms with Crippen molar-refractivity contribution in [3.05, 3.63) is 81.8 Å². The van der Waals surface area contributed by atoms with E-state index < -0.39 is 0 Å². The molecular formula is C25H21Cl2NO5. The molecule has 1 amide bonds. The minimum Gasteiger partial charge on any atom is -0.493 e. The number of ether oxygens (including phenoxy) is 4. The van der Waals surface area contributed by atoms with Crippen molar-refractivity contribution in [1.82, 2.24) is 0 Å². The summed E-state index contributed by atoms with van der Waals surface area (Å²) in [6.45, 7) is 1.20. The molecule has 0 radical (unpaired) electrons. The summed E-state index contributed by atoms with van der Waals surface area (Å²) in [4.78, 5) is 12.3. The zero-order valence-corrected chi connectivity index (χ0v) is 19.3. The summed E-state index contributed by atoms with van der Waals surface area (Å²) in [5.41, 5.74) is 2.09. The normalized spacial score (nSPS) is 12.5. The van der Waals surface area contributed by atoms with Crippen LogP contribution in [0.4, 0.5) is 5.69 Å². The van der Waals surface area contributed by atoms with Gasteiger partial charge in [0.15, 0.2) is 23.0 Å². The predicted molar refractivity (Wildman–Crippen MR) is 129 cm³/mol. The van der Waals surface area contributed by atoms with Crippen molar-refractivity contribution in [2.45, 2.75) is 6.61 Å². The average molecular weight is 486 g/mol. The molecule has 4 rings (SSSR count). The second kappa shape index (κ2) is 10.5. The van der Waals surface area contributed by atoms with Crippen molar-refractivity contribution in [2.75, 3.05) is 25.6 Å². The van der Waals surface area contributed by atoms with E-state index in [1.54, 1.807) is 61.7 Å². The number of fused-ring (bicyclic) bond motifs is 1. The first-order valence-electron chi connectivity index (χ1n) is 10.2. The van der Waals surface area contributed by atoms with Gasteiger partial charge in [0.25, 0.3) is 0 Å². The smallest absolute Gasteiger partial charge is 0.248 e. The number of carbonyl (C=O) groups excluding carboxylic acids is 1. The van der Waals surface area contributed by atoms with Gasteiger partial charge in [0, 0.05) is 33.4 Å². The summed E-state index contributed by atoms with van der Waals surface area (Å²) < 4.78 is 22.3. The standard InChI is InChI=1S/C25H21Cl2NO5/c1-30-23-13-16(5-8-21(23)33-15-18-19(26)3-2-4-20(18)27)6-10-25(29)28-17-7-9-22-24(14-17)32-12-11-31-22/h2-10,13-14H,11-12,15H2,1H3,(H,28,29). The van der Waals surface area contributed by atoms with E-state index in [0.717, 1.165) is 5.56 Å². The predicted octanol–water partition coefficient (Wildman–Crippen LogP) is 6.00. The van der Waals surface area contributed by atoms with Crippen LogP contribution in [-0.2, 0) is 11.4 Å². The van der Waals surface area contributed by atoms with Crippen molar-refractivity contribution in [2.24, 2.45) is 0 Å². The topological polar surface area (TPSA) is 66.0 Å². The number of methoxy groups -OCH3 is 1. The maximum Gasteiger partial charge on any atom is 0.248 e. The molecule has 0 atom stereocenters. The SMILES string of the molecule is COc1cc(C=CC(=O)Nc2ccc3c(c2)OCCO3)ccc1OCc1c(Cl)cccc1Cl. The molecule has 6 nitrogen and oxygen atoms in total. The van der Waals surface area contributed by atoms with E-state index in [1.807, 2.05) is 6.07 Å². The minimum atomic E-state index is -0.278. The van der Waals surface area contributed by atoms with Gasteiger partial charge in [-0.2, -0.15) is 0 Å². The maximum atomic E-state index is 12.3. The molecule has 3 aromatic carbocycles. The molecule has 1 aliphatic heterocycles. The summed E-state index contributed by atoms with van der Waals surface area (Å²) in [5.74, 6) is 2.06. The highest BCUT2D eigenvalue weighted by atomic mass is 35.5. The van der Waals surface area contributed by atoms with Crippen LogP contribution in [0, 0.1) is 0 Å². The van der Waals surface area contributed by atoms with Crippen LogP contribution in [0.2, 0.25) is 10.0 Å². The monoisotopic (exact) mass is 485 g/mol.